The summed E-state index contributed by atoms with van der Waals surface area (Å²) in [4.78, 5) is 24.2. The molecule has 3 aromatic rings. The van der Waals surface area contributed by atoms with Crippen LogP contribution in [0.25, 0.3) is 11.3 Å². The number of nitrogens with one attached hydrogen (secondary N) is 2. The van der Waals surface area contributed by atoms with E-state index in [0.29, 0.717) is 11.4 Å². The van der Waals surface area contributed by atoms with Gasteiger partial charge in [0.05, 0.1) is 5.69 Å². The number of nitrogens with zero attached hydrogens (tertiary/aromatic N) is 3. The lowest BCUT2D eigenvalue weighted by molar-refractivity contribution is 0.0958. The average molecular weight is 339 g/mol. The van der Waals surface area contributed by atoms with E-state index in [0.717, 1.165) is 11.1 Å². The first kappa shape index (κ1) is 16.4. The molecule has 0 unspecified atom stereocenters. The topological polar surface area (TPSA) is 102 Å². The molecule has 8 nitrogen and oxygen atoms in total. The van der Waals surface area contributed by atoms with E-state index < -0.39 is 11.8 Å². The van der Waals surface area contributed by atoms with Crippen molar-refractivity contribution in [2.75, 3.05) is 12.4 Å². The number of aryl methyl sites for hydroxylation is 2. The van der Waals surface area contributed by atoms with Crippen LogP contribution in [0.2, 0.25) is 0 Å². The molecule has 2 heterocycles. The standard InChI is InChI=1S/C17H17N5O3/c1-10-4-6-11(7-5-10)14-8-12(21-25-14)16(23)19-13-9-22(3)20-15(13)17(24)18-2/h4-9H,1-3H3,(H,18,24)(H,19,23). The number of benzene rings is 1. The van der Waals surface area contributed by atoms with Crippen molar-refractivity contribution in [2.24, 2.45) is 7.05 Å². The van der Waals surface area contributed by atoms with E-state index in [1.807, 2.05) is 31.2 Å². The van der Waals surface area contributed by atoms with Crippen LogP contribution in [0, 0.1) is 6.92 Å². The largest absolute Gasteiger partial charge is 0.355 e. The van der Waals surface area contributed by atoms with Crippen LogP contribution in [-0.2, 0) is 7.05 Å². The molecule has 0 aliphatic heterocycles. The van der Waals surface area contributed by atoms with Crippen LogP contribution in [0.15, 0.2) is 41.1 Å². The molecule has 0 fully saturated rings. The molecule has 128 valence electrons. The van der Waals surface area contributed by atoms with E-state index in [4.69, 9.17) is 4.52 Å². The summed E-state index contributed by atoms with van der Waals surface area (Å²) in [5.74, 6) is -0.389. The second-order valence-corrected chi connectivity index (χ2v) is 5.54. The molecule has 0 atom stereocenters. The summed E-state index contributed by atoms with van der Waals surface area (Å²) in [6.45, 7) is 1.99. The summed E-state index contributed by atoms with van der Waals surface area (Å²) >= 11 is 0. The first-order valence-corrected chi connectivity index (χ1v) is 7.58. The lowest BCUT2D eigenvalue weighted by Gasteiger charge is -2.01. The van der Waals surface area contributed by atoms with Gasteiger partial charge in [-0.1, -0.05) is 35.0 Å². The molecule has 0 radical (unpaired) electrons. The summed E-state index contributed by atoms with van der Waals surface area (Å²) in [5.41, 5.74) is 2.48. The van der Waals surface area contributed by atoms with Crippen LogP contribution >= 0.6 is 0 Å². The Labute approximate surface area is 143 Å². The van der Waals surface area contributed by atoms with E-state index in [9.17, 15) is 9.59 Å². The average Bonchev–Trinajstić information content (AvgIpc) is 3.22. The van der Waals surface area contributed by atoms with Crippen LogP contribution in [0.1, 0.15) is 26.5 Å². The third-order valence-corrected chi connectivity index (χ3v) is 3.60. The van der Waals surface area contributed by atoms with Gasteiger partial charge in [-0.15, -0.1) is 0 Å². The number of carbonyl (C=O) groups excluding carboxylic acids is 2. The molecular weight excluding hydrogens is 322 g/mol. The third-order valence-electron chi connectivity index (χ3n) is 3.60. The number of amides is 2. The van der Waals surface area contributed by atoms with E-state index >= 15 is 0 Å². The van der Waals surface area contributed by atoms with Crippen LogP contribution in [0.5, 0.6) is 0 Å². The first-order chi connectivity index (χ1) is 12.0. The van der Waals surface area contributed by atoms with Gasteiger partial charge >= 0.3 is 0 Å². The monoisotopic (exact) mass is 339 g/mol. The van der Waals surface area contributed by atoms with Crippen molar-refractivity contribution >= 4 is 17.5 Å². The van der Waals surface area contributed by atoms with Gasteiger partial charge in [0.15, 0.2) is 17.1 Å². The van der Waals surface area contributed by atoms with Gasteiger partial charge in [-0.25, -0.2) is 0 Å². The number of anilines is 1. The van der Waals surface area contributed by atoms with Crippen molar-refractivity contribution in [1.82, 2.24) is 20.3 Å². The van der Waals surface area contributed by atoms with Crippen molar-refractivity contribution in [1.29, 1.82) is 0 Å². The molecule has 2 amide bonds. The highest BCUT2D eigenvalue weighted by Gasteiger charge is 2.20. The summed E-state index contributed by atoms with van der Waals surface area (Å²) in [6.07, 6.45) is 1.55. The predicted molar refractivity (Wildman–Crippen MR) is 91.2 cm³/mol. The molecule has 25 heavy (non-hydrogen) atoms. The molecule has 0 spiro atoms. The van der Waals surface area contributed by atoms with E-state index in [1.165, 1.54) is 11.7 Å². The molecule has 2 aromatic heterocycles. The summed E-state index contributed by atoms with van der Waals surface area (Å²) < 4.78 is 6.69. The van der Waals surface area contributed by atoms with E-state index in [2.05, 4.69) is 20.9 Å². The zero-order valence-corrected chi connectivity index (χ0v) is 14.0. The van der Waals surface area contributed by atoms with Crippen LogP contribution in [-0.4, -0.2) is 33.8 Å². The van der Waals surface area contributed by atoms with Gasteiger partial charge in [-0.3, -0.25) is 14.3 Å². The van der Waals surface area contributed by atoms with Crippen molar-refractivity contribution in [3.8, 4) is 11.3 Å². The molecule has 0 bridgehead atoms. The molecule has 2 N–H and O–H groups in total. The van der Waals surface area contributed by atoms with Gasteiger partial charge in [-0.2, -0.15) is 5.10 Å². The minimum atomic E-state index is -0.486. The first-order valence-electron chi connectivity index (χ1n) is 7.58. The fourth-order valence-corrected chi connectivity index (χ4v) is 2.29. The SMILES string of the molecule is CNC(=O)c1nn(C)cc1NC(=O)c1cc(-c2ccc(C)cc2)on1. The predicted octanol–water partition coefficient (Wildman–Crippen LogP) is 2.00. The van der Waals surface area contributed by atoms with Crippen LogP contribution in [0.4, 0.5) is 5.69 Å². The van der Waals surface area contributed by atoms with Gasteiger partial charge in [0.2, 0.25) is 0 Å². The van der Waals surface area contributed by atoms with E-state index in [-0.39, 0.29) is 11.4 Å². The Morgan fingerprint density at radius 1 is 1.16 bits per heavy atom. The Kier molecular flexibility index (Phi) is 4.34. The molecule has 3 rings (SSSR count). The highest BCUT2D eigenvalue weighted by Crippen LogP contribution is 2.21. The minimum Gasteiger partial charge on any atom is -0.355 e. The minimum absolute atomic E-state index is 0.113. The number of aromatic nitrogens is 3. The van der Waals surface area contributed by atoms with Gasteiger partial charge < -0.3 is 15.2 Å². The Bertz CT molecular complexity index is 924. The molecule has 0 aliphatic rings. The summed E-state index contributed by atoms with van der Waals surface area (Å²) in [6, 6.07) is 9.23. The van der Waals surface area contributed by atoms with Crippen LogP contribution in [0.3, 0.4) is 0 Å². The van der Waals surface area contributed by atoms with Gasteiger partial charge in [0.1, 0.15) is 0 Å². The fraction of sp³-hybridized carbons (Fsp3) is 0.176. The van der Waals surface area contributed by atoms with Crippen molar-refractivity contribution in [3.05, 3.63) is 53.5 Å². The molecule has 8 heteroatoms. The molecular formula is C17H17N5O3. The molecule has 0 saturated heterocycles. The maximum atomic E-state index is 12.4. The van der Waals surface area contributed by atoms with Crippen molar-refractivity contribution < 1.29 is 14.1 Å². The molecule has 0 saturated carbocycles. The molecule has 0 aliphatic carbocycles. The summed E-state index contributed by atoms with van der Waals surface area (Å²) in [5, 5.41) is 12.9. The quantitative estimate of drug-likeness (QED) is 0.757. The summed E-state index contributed by atoms with van der Waals surface area (Å²) in [7, 11) is 3.15. The number of hydrogen-bond acceptors (Lipinski definition) is 5. The second kappa shape index (κ2) is 6.60. The Morgan fingerprint density at radius 3 is 2.56 bits per heavy atom. The number of rotatable bonds is 4. The highest BCUT2D eigenvalue weighted by atomic mass is 16.5. The fourth-order valence-electron chi connectivity index (χ4n) is 2.29. The lowest BCUT2D eigenvalue weighted by atomic mass is 10.1. The zero-order valence-electron chi connectivity index (χ0n) is 14.0. The number of carbonyl (C=O) groups is 2. The Hall–Kier alpha value is -3.42. The maximum absolute atomic E-state index is 12.4. The zero-order chi connectivity index (χ0) is 18.0. The smallest absolute Gasteiger partial charge is 0.277 e. The molecule has 1 aromatic carbocycles. The normalized spacial score (nSPS) is 10.5. The lowest BCUT2D eigenvalue weighted by Crippen LogP contribution is -2.21. The Morgan fingerprint density at radius 2 is 1.88 bits per heavy atom. The highest BCUT2D eigenvalue weighted by molar-refractivity contribution is 6.07. The van der Waals surface area contributed by atoms with Gasteiger partial charge in [0, 0.05) is 31.9 Å². The van der Waals surface area contributed by atoms with Gasteiger partial charge in [0.25, 0.3) is 11.8 Å². The van der Waals surface area contributed by atoms with E-state index in [1.54, 1.807) is 19.3 Å². The number of hydrogen-bond donors (Lipinski definition) is 2. The van der Waals surface area contributed by atoms with Gasteiger partial charge in [-0.05, 0) is 6.92 Å². The maximum Gasteiger partial charge on any atom is 0.277 e. The van der Waals surface area contributed by atoms with Crippen molar-refractivity contribution in [3.63, 3.8) is 0 Å². The van der Waals surface area contributed by atoms with Crippen molar-refractivity contribution in [2.45, 2.75) is 6.92 Å². The van der Waals surface area contributed by atoms with Crippen LogP contribution < -0.4 is 10.6 Å². The second-order valence-electron chi connectivity index (χ2n) is 5.54. The Balaban J connectivity index is 1.81. The third kappa shape index (κ3) is 3.42.